The molecule has 0 saturated carbocycles. The average molecular weight is 475 g/mol. The van der Waals surface area contributed by atoms with E-state index in [1.165, 1.54) is 11.8 Å². The predicted octanol–water partition coefficient (Wildman–Crippen LogP) is 4.91. The van der Waals surface area contributed by atoms with Gasteiger partial charge in [-0.2, -0.15) is 0 Å². The highest BCUT2D eigenvalue weighted by atomic mass is 35.5. The summed E-state index contributed by atoms with van der Waals surface area (Å²) >= 11 is 7.20. The molecule has 1 N–H and O–H groups in total. The fourth-order valence-corrected chi connectivity index (χ4v) is 4.75. The van der Waals surface area contributed by atoms with Gasteiger partial charge in [0.2, 0.25) is 5.91 Å². The van der Waals surface area contributed by atoms with E-state index in [1.807, 2.05) is 54.6 Å². The van der Waals surface area contributed by atoms with Crippen molar-refractivity contribution in [2.24, 2.45) is 9.98 Å². The smallest absolute Gasteiger partial charge is 0.259 e. The minimum atomic E-state index is -0.528. The van der Waals surface area contributed by atoms with Gasteiger partial charge in [-0.15, -0.1) is 0 Å². The van der Waals surface area contributed by atoms with Gasteiger partial charge in [0.15, 0.2) is 5.17 Å². The summed E-state index contributed by atoms with van der Waals surface area (Å²) in [6.07, 6.45) is 0.509. The van der Waals surface area contributed by atoms with E-state index >= 15 is 0 Å². The van der Waals surface area contributed by atoms with Crippen LogP contribution in [0.4, 0.5) is 11.4 Å². The van der Waals surface area contributed by atoms with Gasteiger partial charge in [-0.25, -0.2) is 9.89 Å². The van der Waals surface area contributed by atoms with E-state index in [9.17, 15) is 9.59 Å². The molecule has 0 saturated heterocycles. The number of hydrogen-bond acceptors (Lipinski definition) is 5. The zero-order valence-corrected chi connectivity index (χ0v) is 19.0. The molecule has 1 atom stereocenters. The first kappa shape index (κ1) is 21.4. The minimum Gasteiger partial charge on any atom is -0.325 e. The molecule has 0 radical (unpaired) electrons. The second kappa shape index (κ2) is 9.21. The van der Waals surface area contributed by atoms with Gasteiger partial charge in [-0.05, 0) is 35.9 Å². The Bertz CT molecular complexity index is 1290. The SMILES string of the molecule is O=C(CSC1=Nc2ccccc2C2=N[C@@H](Cc3ccccc3)C(=O)N12)Nc1cccc(Cl)c1. The molecule has 3 aromatic rings. The molecule has 0 aliphatic carbocycles. The average Bonchev–Trinajstić information content (AvgIpc) is 3.14. The van der Waals surface area contributed by atoms with E-state index in [0.717, 1.165) is 16.8 Å². The number of anilines is 1. The molecule has 0 bridgehead atoms. The first-order valence-electron chi connectivity index (χ1n) is 10.4. The second-order valence-electron chi connectivity index (χ2n) is 7.59. The molecule has 2 amide bonds. The summed E-state index contributed by atoms with van der Waals surface area (Å²) in [4.78, 5) is 36.9. The lowest BCUT2D eigenvalue weighted by molar-refractivity contribution is -0.124. The molecule has 0 fully saturated rings. The van der Waals surface area contributed by atoms with E-state index in [4.69, 9.17) is 16.6 Å². The summed E-state index contributed by atoms with van der Waals surface area (Å²) in [6.45, 7) is 0. The fourth-order valence-electron chi connectivity index (χ4n) is 3.76. The molecule has 3 aromatic carbocycles. The molecule has 2 aliphatic rings. The first-order valence-corrected chi connectivity index (χ1v) is 11.8. The van der Waals surface area contributed by atoms with Crippen molar-refractivity contribution in [1.29, 1.82) is 0 Å². The zero-order chi connectivity index (χ0) is 22.8. The normalized spacial score (nSPS) is 16.6. The van der Waals surface area contributed by atoms with Crippen molar-refractivity contribution in [2.75, 3.05) is 11.1 Å². The number of rotatable bonds is 5. The van der Waals surface area contributed by atoms with Crippen molar-refractivity contribution in [3.05, 3.63) is 95.0 Å². The number of halogens is 1. The summed E-state index contributed by atoms with van der Waals surface area (Å²) in [7, 11) is 0. The Kier molecular flexibility index (Phi) is 5.98. The van der Waals surface area contributed by atoms with E-state index in [0.29, 0.717) is 28.1 Å². The molecular weight excluding hydrogens is 456 g/mol. The van der Waals surface area contributed by atoms with Crippen molar-refractivity contribution in [1.82, 2.24) is 4.90 Å². The minimum absolute atomic E-state index is 0.0912. The number of carbonyl (C=O) groups excluding carboxylic acids is 2. The van der Waals surface area contributed by atoms with Gasteiger partial charge in [-0.1, -0.05) is 71.9 Å². The molecule has 164 valence electrons. The van der Waals surface area contributed by atoms with Crippen molar-refractivity contribution < 1.29 is 9.59 Å². The van der Waals surface area contributed by atoms with Crippen LogP contribution in [0.15, 0.2) is 88.8 Å². The summed E-state index contributed by atoms with van der Waals surface area (Å²) in [5.41, 5.74) is 3.21. The molecule has 5 rings (SSSR count). The van der Waals surface area contributed by atoms with Gasteiger partial charge >= 0.3 is 0 Å². The highest BCUT2D eigenvalue weighted by Gasteiger charge is 2.41. The van der Waals surface area contributed by atoms with Gasteiger partial charge in [0, 0.05) is 22.7 Å². The Hall–Kier alpha value is -3.42. The number of benzene rings is 3. The van der Waals surface area contributed by atoms with Crippen molar-refractivity contribution in [3.8, 4) is 0 Å². The van der Waals surface area contributed by atoms with Crippen LogP contribution in [-0.4, -0.2) is 39.5 Å². The topological polar surface area (TPSA) is 74.1 Å². The van der Waals surface area contributed by atoms with Crippen molar-refractivity contribution >= 4 is 57.6 Å². The van der Waals surface area contributed by atoms with Gasteiger partial charge < -0.3 is 5.32 Å². The van der Waals surface area contributed by atoms with E-state index in [1.54, 1.807) is 29.2 Å². The van der Waals surface area contributed by atoms with Crippen LogP contribution in [0.5, 0.6) is 0 Å². The number of fused-ring (bicyclic) bond motifs is 3. The number of hydrogen-bond donors (Lipinski definition) is 1. The number of thioether (sulfide) groups is 1. The lowest BCUT2D eigenvalue weighted by Crippen LogP contribution is -2.41. The van der Waals surface area contributed by atoms with Gasteiger partial charge in [0.05, 0.1) is 11.4 Å². The van der Waals surface area contributed by atoms with Gasteiger partial charge in [0.25, 0.3) is 5.91 Å². The standard InChI is InChI=1S/C25H19ClN4O2S/c26-17-9-6-10-18(14-17)27-22(31)15-33-25-29-20-12-5-4-11-19(20)23-28-21(24(32)30(23)25)13-16-7-2-1-3-8-16/h1-12,14,21H,13,15H2,(H,27,31)/t21-/m0/s1. The maximum absolute atomic E-state index is 13.3. The quantitative estimate of drug-likeness (QED) is 0.570. The Morgan fingerprint density at radius 2 is 1.82 bits per heavy atom. The highest BCUT2D eigenvalue weighted by molar-refractivity contribution is 8.14. The third-order valence-electron chi connectivity index (χ3n) is 5.26. The number of para-hydroxylation sites is 1. The molecule has 8 heteroatoms. The predicted molar refractivity (Wildman–Crippen MR) is 133 cm³/mol. The number of nitrogens with one attached hydrogen (secondary N) is 1. The number of carbonyl (C=O) groups is 2. The van der Waals surface area contributed by atoms with Crippen molar-refractivity contribution in [2.45, 2.75) is 12.5 Å². The molecule has 6 nitrogen and oxygen atoms in total. The van der Waals surface area contributed by atoms with Crippen LogP contribution in [0.2, 0.25) is 5.02 Å². The van der Waals surface area contributed by atoms with E-state index < -0.39 is 6.04 Å². The van der Waals surface area contributed by atoms with E-state index in [-0.39, 0.29) is 17.6 Å². The zero-order valence-electron chi connectivity index (χ0n) is 17.4. The number of amidine groups is 2. The third kappa shape index (κ3) is 4.55. The molecular formula is C25H19ClN4O2S. The first-order chi connectivity index (χ1) is 16.1. The van der Waals surface area contributed by atoms with Crippen LogP contribution in [-0.2, 0) is 16.0 Å². The van der Waals surface area contributed by atoms with E-state index in [2.05, 4.69) is 10.3 Å². The molecule has 2 aliphatic heterocycles. The monoisotopic (exact) mass is 474 g/mol. The summed E-state index contributed by atoms with van der Waals surface area (Å²) in [5.74, 6) is 0.331. The Labute approximate surface area is 200 Å². The molecule has 0 aromatic heterocycles. The maximum atomic E-state index is 13.3. The fraction of sp³-hybridized carbons (Fsp3) is 0.120. The van der Waals surface area contributed by atoms with Crippen LogP contribution in [0.25, 0.3) is 0 Å². The molecule has 33 heavy (non-hydrogen) atoms. The molecule has 2 heterocycles. The summed E-state index contributed by atoms with van der Waals surface area (Å²) in [5, 5.41) is 3.82. The van der Waals surface area contributed by atoms with Gasteiger partial charge in [0.1, 0.15) is 11.9 Å². The number of amides is 2. The summed E-state index contributed by atoms with van der Waals surface area (Å²) in [6, 6.07) is 23.9. The van der Waals surface area contributed by atoms with Crippen LogP contribution in [0.3, 0.4) is 0 Å². The lowest BCUT2D eigenvalue weighted by atomic mass is 10.1. The second-order valence-corrected chi connectivity index (χ2v) is 8.97. The lowest BCUT2D eigenvalue weighted by Gasteiger charge is -2.25. The molecule has 0 spiro atoms. The number of aliphatic imine (C=N–C) groups is 2. The van der Waals surface area contributed by atoms with Gasteiger partial charge in [-0.3, -0.25) is 14.6 Å². The molecule has 0 unspecified atom stereocenters. The van der Waals surface area contributed by atoms with Crippen molar-refractivity contribution in [3.63, 3.8) is 0 Å². The Balaban J connectivity index is 1.37. The largest absolute Gasteiger partial charge is 0.325 e. The Morgan fingerprint density at radius 3 is 2.64 bits per heavy atom. The highest BCUT2D eigenvalue weighted by Crippen LogP contribution is 2.34. The Morgan fingerprint density at radius 1 is 1.03 bits per heavy atom. The number of nitrogens with zero attached hydrogens (tertiary/aromatic N) is 3. The summed E-state index contributed by atoms with van der Waals surface area (Å²) < 4.78 is 0. The van der Waals surface area contributed by atoms with Crippen LogP contribution in [0.1, 0.15) is 11.1 Å². The third-order valence-corrected chi connectivity index (χ3v) is 6.43. The maximum Gasteiger partial charge on any atom is 0.259 e. The van der Waals surface area contributed by atoms with Crippen LogP contribution < -0.4 is 5.32 Å². The van der Waals surface area contributed by atoms with Crippen LogP contribution in [0, 0.1) is 0 Å². The van der Waals surface area contributed by atoms with Crippen LogP contribution >= 0.6 is 23.4 Å².